The first-order valence-electron chi connectivity index (χ1n) is 7.35. The Morgan fingerprint density at radius 3 is 2.73 bits per heavy atom. The lowest BCUT2D eigenvalue weighted by Gasteiger charge is -2.37. The Balaban J connectivity index is 1.93. The van der Waals surface area contributed by atoms with Gasteiger partial charge < -0.3 is 14.7 Å². The number of para-hydroxylation sites is 1. The minimum absolute atomic E-state index is 0.00902. The van der Waals surface area contributed by atoms with Crippen molar-refractivity contribution in [2.75, 3.05) is 33.8 Å². The van der Waals surface area contributed by atoms with Crippen molar-refractivity contribution in [2.24, 2.45) is 0 Å². The highest BCUT2D eigenvalue weighted by atomic mass is 16.5. The Kier molecular flexibility index (Phi) is 5.38. The number of rotatable bonds is 5. The molecule has 1 atom stereocenters. The van der Waals surface area contributed by atoms with Crippen LogP contribution in [-0.4, -0.2) is 66.6 Å². The summed E-state index contributed by atoms with van der Waals surface area (Å²) in [7, 11) is 3.38. The van der Waals surface area contributed by atoms with Crippen LogP contribution in [0, 0.1) is 0 Å². The van der Waals surface area contributed by atoms with Crippen molar-refractivity contribution in [1.82, 2.24) is 9.80 Å². The Labute approximate surface area is 130 Å². The van der Waals surface area contributed by atoms with Crippen LogP contribution < -0.4 is 4.74 Å². The molecule has 0 bridgehead atoms. The number of carboxylic acids is 1. The van der Waals surface area contributed by atoms with Gasteiger partial charge in [0.05, 0.1) is 7.11 Å². The molecule has 1 heterocycles. The van der Waals surface area contributed by atoms with E-state index in [1.807, 2.05) is 24.3 Å². The quantitative estimate of drug-likeness (QED) is 0.873. The van der Waals surface area contributed by atoms with Crippen molar-refractivity contribution in [3.8, 4) is 5.75 Å². The van der Waals surface area contributed by atoms with Gasteiger partial charge in [-0.25, -0.2) is 0 Å². The van der Waals surface area contributed by atoms with E-state index in [4.69, 9.17) is 4.74 Å². The van der Waals surface area contributed by atoms with Gasteiger partial charge in [0.25, 0.3) is 0 Å². The number of likely N-dealkylation sites (N-methyl/N-ethyl adjacent to an activating group) is 1. The predicted octanol–water partition coefficient (Wildman–Crippen LogP) is 0.855. The van der Waals surface area contributed by atoms with E-state index in [9.17, 15) is 14.7 Å². The molecule has 1 aliphatic heterocycles. The van der Waals surface area contributed by atoms with Gasteiger partial charge >= 0.3 is 5.97 Å². The van der Waals surface area contributed by atoms with Crippen LogP contribution >= 0.6 is 0 Å². The molecule has 1 saturated heterocycles. The molecule has 2 rings (SSSR count). The topological polar surface area (TPSA) is 70.1 Å². The van der Waals surface area contributed by atoms with E-state index < -0.39 is 12.0 Å². The lowest BCUT2D eigenvalue weighted by atomic mass is 10.1. The van der Waals surface area contributed by atoms with Crippen molar-refractivity contribution in [1.29, 1.82) is 0 Å². The number of hydrogen-bond donors (Lipinski definition) is 1. The molecule has 120 valence electrons. The number of aliphatic carboxylic acids is 1. The molecule has 0 saturated carbocycles. The Morgan fingerprint density at radius 2 is 2.05 bits per heavy atom. The number of amides is 1. The molecule has 1 aliphatic rings. The predicted molar refractivity (Wildman–Crippen MR) is 81.9 cm³/mol. The number of piperazine rings is 1. The zero-order chi connectivity index (χ0) is 16.1. The summed E-state index contributed by atoms with van der Waals surface area (Å²) in [6.07, 6.45) is 0.948. The molecule has 1 aromatic carbocycles. The molecule has 0 radical (unpaired) electrons. The van der Waals surface area contributed by atoms with E-state index in [2.05, 4.69) is 0 Å². The average molecular weight is 306 g/mol. The molecular weight excluding hydrogens is 284 g/mol. The first-order valence-corrected chi connectivity index (χ1v) is 7.35. The number of ether oxygens (including phenoxy) is 1. The fourth-order valence-corrected chi connectivity index (χ4v) is 2.68. The molecule has 1 N–H and O–H groups in total. The maximum Gasteiger partial charge on any atom is 0.322 e. The summed E-state index contributed by atoms with van der Waals surface area (Å²) in [6.45, 7) is 1.40. The third-order valence-electron chi connectivity index (χ3n) is 4.09. The van der Waals surface area contributed by atoms with E-state index in [0.717, 1.165) is 11.3 Å². The molecular formula is C16H22N2O4. The molecule has 1 fully saturated rings. The van der Waals surface area contributed by atoms with Crippen molar-refractivity contribution in [3.63, 3.8) is 0 Å². The second kappa shape index (κ2) is 7.26. The second-order valence-corrected chi connectivity index (χ2v) is 5.49. The van der Waals surface area contributed by atoms with E-state index in [1.54, 1.807) is 24.0 Å². The second-order valence-electron chi connectivity index (χ2n) is 5.49. The maximum absolute atomic E-state index is 12.3. The summed E-state index contributed by atoms with van der Waals surface area (Å²) in [5, 5.41) is 9.19. The molecule has 1 unspecified atom stereocenters. The number of nitrogens with zero attached hydrogens (tertiary/aromatic N) is 2. The minimum Gasteiger partial charge on any atom is -0.496 e. The first kappa shape index (κ1) is 16.3. The van der Waals surface area contributed by atoms with Crippen molar-refractivity contribution < 1.29 is 19.4 Å². The summed E-state index contributed by atoms with van der Waals surface area (Å²) < 4.78 is 5.28. The molecule has 22 heavy (non-hydrogen) atoms. The van der Waals surface area contributed by atoms with Crippen LogP contribution in [0.3, 0.4) is 0 Å². The monoisotopic (exact) mass is 306 g/mol. The van der Waals surface area contributed by atoms with Gasteiger partial charge in [-0.3, -0.25) is 14.5 Å². The zero-order valence-electron chi connectivity index (χ0n) is 13.0. The summed E-state index contributed by atoms with van der Waals surface area (Å²) in [5.41, 5.74) is 0.988. The molecule has 0 aromatic heterocycles. The highest BCUT2D eigenvalue weighted by Crippen LogP contribution is 2.19. The third kappa shape index (κ3) is 3.76. The standard InChI is InChI=1S/C16H22N2O4/c1-17-9-10-18(11-13(17)16(20)21)15(19)8-7-12-5-3-4-6-14(12)22-2/h3-6,13H,7-11H2,1-2H3,(H,20,21). The van der Waals surface area contributed by atoms with Gasteiger partial charge in [-0.1, -0.05) is 18.2 Å². The smallest absolute Gasteiger partial charge is 0.322 e. The number of aryl methyl sites for hydroxylation is 1. The summed E-state index contributed by atoms with van der Waals surface area (Å²) >= 11 is 0. The van der Waals surface area contributed by atoms with Crippen LogP contribution in [0.4, 0.5) is 0 Å². The van der Waals surface area contributed by atoms with E-state index in [-0.39, 0.29) is 12.5 Å². The van der Waals surface area contributed by atoms with Gasteiger partial charge in [0.1, 0.15) is 11.8 Å². The van der Waals surface area contributed by atoms with Crippen LogP contribution in [0.15, 0.2) is 24.3 Å². The van der Waals surface area contributed by atoms with Gasteiger partial charge in [0.2, 0.25) is 5.91 Å². The van der Waals surface area contributed by atoms with Crippen LogP contribution in [-0.2, 0) is 16.0 Å². The van der Waals surface area contributed by atoms with Crippen LogP contribution in [0.25, 0.3) is 0 Å². The number of methoxy groups -OCH3 is 1. The van der Waals surface area contributed by atoms with Gasteiger partial charge in [-0.2, -0.15) is 0 Å². The SMILES string of the molecule is COc1ccccc1CCC(=O)N1CCN(C)C(C(=O)O)C1. The van der Waals surface area contributed by atoms with Crippen molar-refractivity contribution in [3.05, 3.63) is 29.8 Å². The van der Waals surface area contributed by atoms with Crippen LogP contribution in [0.2, 0.25) is 0 Å². The number of carboxylic acid groups (broad SMARTS) is 1. The maximum atomic E-state index is 12.3. The van der Waals surface area contributed by atoms with Crippen LogP contribution in [0.5, 0.6) is 5.75 Å². The molecule has 0 aliphatic carbocycles. The van der Waals surface area contributed by atoms with Gasteiger partial charge in [-0.15, -0.1) is 0 Å². The number of benzene rings is 1. The largest absolute Gasteiger partial charge is 0.496 e. The van der Waals surface area contributed by atoms with Crippen molar-refractivity contribution >= 4 is 11.9 Å². The molecule has 1 aromatic rings. The first-order chi connectivity index (χ1) is 10.5. The van der Waals surface area contributed by atoms with Gasteiger partial charge in [0, 0.05) is 26.1 Å². The van der Waals surface area contributed by atoms with E-state index >= 15 is 0 Å². The lowest BCUT2D eigenvalue weighted by Crippen LogP contribution is -2.56. The number of hydrogen-bond acceptors (Lipinski definition) is 4. The molecule has 1 amide bonds. The lowest BCUT2D eigenvalue weighted by molar-refractivity contribution is -0.147. The normalized spacial score (nSPS) is 19.0. The Hall–Kier alpha value is -2.08. The fourth-order valence-electron chi connectivity index (χ4n) is 2.68. The molecule has 6 nitrogen and oxygen atoms in total. The Bertz CT molecular complexity index is 547. The summed E-state index contributed by atoms with van der Waals surface area (Å²) in [4.78, 5) is 26.9. The van der Waals surface area contributed by atoms with E-state index in [0.29, 0.717) is 25.9 Å². The van der Waals surface area contributed by atoms with Gasteiger partial charge in [-0.05, 0) is 25.1 Å². The summed E-state index contributed by atoms with van der Waals surface area (Å²) in [5.74, 6) is -0.118. The Morgan fingerprint density at radius 1 is 1.32 bits per heavy atom. The molecule has 6 heteroatoms. The van der Waals surface area contributed by atoms with Crippen LogP contribution in [0.1, 0.15) is 12.0 Å². The van der Waals surface area contributed by atoms with Gasteiger partial charge in [0.15, 0.2) is 0 Å². The third-order valence-corrected chi connectivity index (χ3v) is 4.09. The highest BCUT2D eigenvalue weighted by Gasteiger charge is 2.31. The highest BCUT2D eigenvalue weighted by molar-refractivity contribution is 5.79. The summed E-state index contributed by atoms with van der Waals surface area (Å²) in [6, 6.07) is 7.00. The average Bonchev–Trinajstić information content (AvgIpc) is 2.53. The molecule has 0 spiro atoms. The number of carbonyl (C=O) groups excluding carboxylic acids is 1. The van der Waals surface area contributed by atoms with Crippen molar-refractivity contribution in [2.45, 2.75) is 18.9 Å². The number of carbonyl (C=O) groups is 2. The van der Waals surface area contributed by atoms with E-state index in [1.165, 1.54) is 0 Å². The minimum atomic E-state index is -0.885. The fraction of sp³-hybridized carbons (Fsp3) is 0.500. The zero-order valence-corrected chi connectivity index (χ0v) is 13.0.